The molecule has 94 valence electrons. The third-order valence-corrected chi connectivity index (χ3v) is 3.02. The Balaban J connectivity index is 1.99. The Kier molecular flexibility index (Phi) is 3.80. The van der Waals surface area contributed by atoms with E-state index in [1.54, 1.807) is 6.20 Å². The quantitative estimate of drug-likeness (QED) is 0.547. The molecular weight excluding hydrogens is 252 g/mol. The molecule has 0 aliphatic heterocycles. The molecule has 0 atom stereocenters. The second kappa shape index (κ2) is 5.52. The average Bonchev–Trinajstić information content (AvgIpc) is 2.82. The average molecular weight is 264 g/mol. The normalized spacial score (nSPS) is 10.1. The number of nitrogens with two attached hydrogens (primary N) is 1. The van der Waals surface area contributed by atoms with E-state index in [0.29, 0.717) is 12.4 Å². The summed E-state index contributed by atoms with van der Waals surface area (Å²) >= 11 is 1.54. The van der Waals surface area contributed by atoms with Crippen LogP contribution in [0.4, 0.5) is 5.82 Å². The fourth-order valence-electron chi connectivity index (χ4n) is 1.29. The molecular formula is C10H12N6OS. The summed E-state index contributed by atoms with van der Waals surface area (Å²) in [4.78, 5) is 24.7. The largest absolute Gasteiger partial charge is 0.346 e. The van der Waals surface area contributed by atoms with Crippen LogP contribution in [0.5, 0.6) is 0 Å². The molecule has 0 unspecified atom stereocenters. The molecule has 0 aliphatic rings. The van der Waals surface area contributed by atoms with Gasteiger partial charge >= 0.3 is 0 Å². The van der Waals surface area contributed by atoms with Gasteiger partial charge in [-0.05, 0) is 6.92 Å². The SMILES string of the molecule is Cc1ncc(CNC(=O)c2cncc(NN)n2)s1. The predicted octanol–water partition coefficient (Wildman–Crippen LogP) is 0.457. The molecule has 0 saturated carbocycles. The van der Waals surface area contributed by atoms with Crippen molar-refractivity contribution in [2.45, 2.75) is 13.5 Å². The highest BCUT2D eigenvalue weighted by molar-refractivity contribution is 7.11. The molecule has 2 rings (SSSR count). The number of anilines is 1. The van der Waals surface area contributed by atoms with Crippen LogP contribution in [0.1, 0.15) is 20.4 Å². The topological polar surface area (TPSA) is 106 Å². The van der Waals surface area contributed by atoms with Gasteiger partial charge in [-0.15, -0.1) is 11.3 Å². The fraction of sp³-hybridized carbons (Fsp3) is 0.200. The summed E-state index contributed by atoms with van der Waals surface area (Å²) in [5, 5.41) is 3.71. The van der Waals surface area contributed by atoms with Crippen LogP contribution in [-0.4, -0.2) is 20.9 Å². The second-order valence-electron chi connectivity index (χ2n) is 3.46. The lowest BCUT2D eigenvalue weighted by Gasteiger charge is -2.04. The van der Waals surface area contributed by atoms with E-state index in [1.807, 2.05) is 6.92 Å². The van der Waals surface area contributed by atoms with E-state index in [2.05, 4.69) is 25.7 Å². The van der Waals surface area contributed by atoms with Crippen molar-refractivity contribution in [2.24, 2.45) is 5.84 Å². The van der Waals surface area contributed by atoms with E-state index in [4.69, 9.17) is 5.84 Å². The Labute approximate surface area is 107 Å². The van der Waals surface area contributed by atoms with E-state index in [1.165, 1.54) is 23.7 Å². The molecule has 7 nitrogen and oxygen atoms in total. The van der Waals surface area contributed by atoms with Crippen molar-refractivity contribution in [3.05, 3.63) is 34.2 Å². The number of nitrogen functional groups attached to an aromatic ring is 1. The molecule has 0 saturated heterocycles. The van der Waals surface area contributed by atoms with Crippen LogP contribution in [0.25, 0.3) is 0 Å². The van der Waals surface area contributed by atoms with Crippen molar-refractivity contribution in [1.82, 2.24) is 20.3 Å². The van der Waals surface area contributed by atoms with Crippen LogP contribution in [-0.2, 0) is 6.54 Å². The second-order valence-corrected chi connectivity index (χ2v) is 4.78. The lowest BCUT2D eigenvalue weighted by Crippen LogP contribution is -2.24. The third-order valence-electron chi connectivity index (χ3n) is 2.11. The van der Waals surface area contributed by atoms with E-state index >= 15 is 0 Å². The van der Waals surface area contributed by atoms with Gasteiger partial charge in [0, 0.05) is 11.1 Å². The minimum atomic E-state index is -0.300. The molecule has 4 N–H and O–H groups in total. The summed E-state index contributed by atoms with van der Waals surface area (Å²) in [6.45, 7) is 2.34. The summed E-state index contributed by atoms with van der Waals surface area (Å²) in [6.07, 6.45) is 4.56. The minimum absolute atomic E-state index is 0.215. The molecule has 0 bridgehead atoms. The standard InChI is InChI=1S/C10H12N6OS/c1-6-13-2-7(18-6)3-14-10(17)8-4-12-5-9(15-8)16-11/h2,4-5H,3,11H2,1H3,(H,14,17)(H,15,16). The van der Waals surface area contributed by atoms with Gasteiger partial charge in [-0.3, -0.25) is 9.78 Å². The van der Waals surface area contributed by atoms with Gasteiger partial charge in [-0.1, -0.05) is 0 Å². The first-order valence-corrected chi connectivity index (χ1v) is 5.99. The molecule has 0 radical (unpaired) electrons. The molecule has 1 amide bonds. The number of carbonyl (C=O) groups is 1. The van der Waals surface area contributed by atoms with Gasteiger partial charge < -0.3 is 10.7 Å². The van der Waals surface area contributed by atoms with Crippen LogP contribution in [0.2, 0.25) is 0 Å². The molecule has 2 aromatic heterocycles. The van der Waals surface area contributed by atoms with E-state index < -0.39 is 0 Å². The first-order valence-electron chi connectivity index (χ1n) is 5.17. The van der Waals surface area contributed by atoms with Gasteiger partial charge in [-0.2, -0.15) is 0 Å². The van der Waals surface area contributed by atoms with Crippen molar-refractivity contribution in [3.63, 3.8) is 0 Å². The van der Waals surface area contributed by atoms with Crippen molar-refractivity contribution < 1.29 is 4.79 Å². The number of aryl methyl sites for hydroxylation is 1. The minimum Gasteiger partial charge on any atom is -0.346 e. The number of rotatable bonds is 4. The maximum absolute atomic E-state index is 11.8. The summed E-state index contributed by atoms with van der Waals surface area (Å²) in [5.41, 5.74) is 2.55. The first-order chi connectivity index (χ1) is 8.69. The molecule has 0 spiro atoms. The summed E-state index contributed by atoms with van der Waals surface area (Å²) < 4.78 is 0. The lowest BCUT2D eigenvalue weighted by molar-refractivity contribution is 0.0946. The van der Waals surface area contributed by atoms with Gasteiger partial charge in [0.15, 0.2) is 5.82 Å². The highest BCUT2D eigenvalue weighted by Gasteiger charge is 2.09. The zero-order valence-electron chi connectivity index (χ0n) is 9.67. The van der Waals surface area contributed by atoms with Gasteiger partial charge in [0.25, 0.3) is 5.91 Å². The Hall–Kier alpha value is -2.06. The van der Waals surface area contributed by atoms with Crippen molar-refractivity contribution in [2.75, 3.05) is 5.43 Å². The van der Waals surface area contributed by atoms with Crippen LogP contribution in [0.15, 0.2) is 18.6 Å². The molecule has 0 aliphatic carbocycles. The lowest BCUT2D eigenvalue weighted by atomic mass is 10.4. The Morgan fingerprint density at radius 1 is 1.44 bits per heavy atom. The summed E-state index contributed by atoms with van der Waals surface area (Å²) in [7, 11) is 0. The van der Waals surface area contributed by atoms with Gasteiger partial charge in [0.05, 0.1) is 23.9 Å². The van der Waals surface area contributed by atoms with E-state index in [0.717, 1.165) is 9.88 Å². The maximum Gasteiger partial charge on any atom is 0.271 e. The highest BCUT2D eigenvalue weighted by Crippen LogP contribution is 2.11. The summed E-state index contributed by atoms with van der Waals surface area (Å²) in [5.74, 6) is 5.24. The maximum atomic E-state index is 11.8. The molecule has 2 aromatic rings. The van der Waals surface area contributed by atoms with Crippen molar-refractivity contribution in [1.29, 1.82) is 0 Å². The zero-order chi connectivity index (χ0) is 13.0. The molecule has 0 fully saturated rings. The predicted molar refractivity (Wildman–Crippen MR) is 67.9 cm³/mol. The first kappa shape index (κ1) is 12.4. The summed E-state index contributed by atoms with van der Waals surface area (Å²) in [6, 6.07) is 0. The monoisotopic (exact) mass is 264 g/mol. The number of aromatic nitrogens is 3. The fourth-order valence-corrected chi connectivity index (χ4v) is 2.02. The number of nitrogens with one attached hydrogen (secondary N) is 2. The smallest absolute Gasteiger partial charge is 0.271 e. The number of carbonyl (C=O) groups excluding carboxylic acids is 1. The van der Waals surface area contributed by atoms with E-state index in [9.17, 15) is 4.79 Å². The number of hydrogen-bond acceptors (Lipinski definition) is 7. The Bertz CT molecular complexity index is 555. The van der Waals surface area contributed by atoms with E-state index in [-0.39, 0.29) is 11.6 Å². The number of hydrazine groups is 1. The van der Waals surface area contributed by atoms with Crippen LogP contribution < -0.4 is 16.6 Å². The van der Waals surface area contributed by atoms with Gasteiger partial charge in [0.1, 0.15) is 5.69 Å². The molecule has 8 heteroatoms. The third kappa shape index (κ3) is 2.99. The number of nitrogens with zero attached hydrogens (tertiary/aromatic N) is 3. The molecule has 18 heavy (non-hydrogen) atoms. The molecule has 0 aromatic carbocycles. The molecule has 2 heterocycles. The number of amides is 1. The van der Waals surface area contributed by atoms with Crippen LogP contribution in [0, 0.1) is 6.92 Å². The van der Waals surface area contributed by atoms with Crippen molar-refractivity contribution in [3.8, 4) is 0 Å². The number of hydrogen-bond donors (Lipinski definition) is 3. The number of thiazole rings is 1. The highest BCUT2D eigenvalue weighted by atomic mass is 32.1. The van der Waals surface area contributed by atoms with Gasteiger partial charge in [-0.25, -0.2) is 15.8 Å². The van der Waals surface area contributed by atoms with Crippen LogP contribution >= 0.6 is 11.3 Å². The Morgan fingerprint density at radius 3 is 2.94 bits per heavy atom. The van der Waals surface area contributed by atoms with Crippen molar-refractivity contribution >= 4 is 23.1 Å². The van der Waals surface area contributed by atoms with Gasteiger partial charge in [0.2, 0.25) is 0 Å². The zero-order valence-corrected chi connectivity index (χ0v) is 10.5. The van der Waals surface area contributed by atoms with Crippen LogP contribution in [0.3, 0.4) is 0 Å². The Morgan fingerprint density at radius 2 is 2.28 bits per heavy atom.